The molecule has 0 aliphatic heterocycles. The van der Waals surface area contributed by atoms with Crippen LogP contribution in [0.15, 0.2) is 27.4 Å². The van der Waals surface area contributed by atoms with Gasteiger partial charge in [0.05, 0.1) is 5.52 Å². The molecule has 0 fully saturated rings. The molecule has 0 spiro atoms. The number of hydrogen-bond donors (Lipinski definition) is 3. The standard InChI is InChI=1S/C12H16N2O3/c15-6-2-1-5-13-8-9-3-4-11-10(7-9)14-12(16)17-11/h3-4,7,13,15H,1-2,5-6,8H2,(H,14,16). The van der Waals surface area contributed by atoms with E-state index in [1.54, 1.807) is 6.07 Å². The first-order valence-corrected chi connectivity index (χ1v) is 5.73. The van der Waals surface area contributed by atoms with Gasteiger partial charge in [0.15, 0.2) is 5.58 Å². The molecule has 1 aromatic carbocycles. The molecule has 0 aliphatic rings. The summed E-state index contributed by atoms with van der Waals surface area (Å²) in [5, 5.41) is 11.9. The Labute approximate surface area is 98.5 Å². The molecule has 0 bridgehead atoms. The first-order valence-electron chi connectivity index (χ1n) is 5.73. The van der Waals surface area contributed by atoms with E-state index >= 15 is 0 Å². The fourth-order valence-corrected chi connectivity index (χ4v) is 1.70. The summed E-state index contributed by atoms with van der Waals surface area (Å²) in [5.74, 6) is -0.423. The van der Waals surface area contributed by atoms with Gasteiger partial charge in [0, 0.05) is 13.2 Å². The van der Waals surface area contributed by atoms with Crippen LogP contribution in [0.1, 0.15) is 18.4 Å². The van der Waals surface area contributed by atoms with E-state index < -0.39 is 5.76 Å². The van der Waals surface area contributed by atoms with E-state index in [2.05, 4.69) is 10.3 Å². The van der Waals surface area contributed by atoms with Crippen molar-refractivity contribution < 1.29 is 9.52 Å². The quantitative estimate of drug-likeness (QED) is 0.653. The van der Waals surface area contributed by atoms with Crippen molar-refractivity contribution in [3.63, 3.8) is 0 Å². The molecule has 1 aromatic heterocycles. The van der Waals surface area contributed by atoms with Crippen LogP contribution in [-0.4, -0.2) is 23.2 Å². The average molecular weight is 236 g/mol. The molecule has 0 radical (unpaired) electrons. The molecule has 1 heterocycles. The molecule has 5 nitrogen and oxygen atoms in total. The molecule has 0 saturated carbocycles. The van der Waals surface area contributed by atoms with Crippen LogP contribution in [0.2, 0.25) is 0 Å². The molecule has 92 valence electrons. The number of fused-ring (bicyclic) bond motifs is 1. The highest BCUT2D eigenvalue weighted by molar-refractivity contribution is 5.72. The number of rotatable bonds is 6. The Kier molecular flexibility index (Phi) is 3.95. The zero-order chi connectivity index (χ0) is 12.1. The normalized spacial score (nSPS) is 11.1. The monoisotopic (exact) mass is 236 g/mol. The van der Waals surface area contributed by atoms with Crippen molar-refractivity contribution in [2.75, 3.05) is 13.2 Å². The highest BCUT2D eigenvalue weighted by Crippen LogP contribution is 2.11. The minimum absolute atomic E-state index is 0.240. The van der Waals surface area contributed by atoms with Gasteiger partial charge in [-0.05, 0) is 37.1 Å². The van der Waals surface area contributed by atoms with Crippen molar-refractivity contribution in [2.24, 2.45) is 0 Å². The maximum Gasteiger partial charge on any atom is 0.417 e. The largest absolute Gasteiger partial charge is 0.417 e. The van der Waals surface area contributed by atoms with Crippen molar-refractivity contribution in [3.05, 3.63) is 34.3 Å². The molecule has 2 rings (SSSR count). The third-order valence-corrected chi connectivity index (χ3v) is 2.57. The number of hydrogen-bond acceptors (Lipinski definition) is 4. The summed E-state index contributed by atoms with van der Waals surface area (Å²) in [5.41, 5.74) is 2.40. The summed E-state index contributed by atoms with van der Waals surface area (Å²) in [4.78, 5) is 13.6. The number of aliphatic hydroxyl groups excluding tert-OH is 1. The Hall–Kier alpha value is -1.59. The number of aliphatic hydroxyl groups is 1. The molecule has 2 aromatic rings. The molecule has 0 saturated heterocycles. The number of nitrogens with one attached hydrogen (secondary N) is 2. The second kappa shape index (κ2) is 5.65. The first kappa shape index (κ1) is 11.9. The Morgan fingerprint density at radius 1 is 1.35 bits per heavy atom. The fourth-order valence-electron chi connectivity index (χ4n) is 1.70. The van der Waals surface area contributed by atoms with E-state index in [1.807, 2.05) is 12.1 Å². The molecule has 0 amide bonds. The molecule has 0 unspecified atom stereocenters. The van der Waals surface area contributed by atoms with Gasteiger partial charge in [-0.3, -0.25) is 4.98 Å². The number of aromatic nitrogens is 1. The highest BCUT2D eigenvalue weighted by Gasteiger charge is 2.01. The minimum Gasteiger partial charge on any atom is -0.408 e. The number of benzene rings is 1. The topological polar surface area (TPSA) is 78.3 Å². The van der Waals surface area contributed by atoms with Crippen LogP contribution in [-0.2, 0) is 6.54 Å². The van der Waals surface area contributed by atoms with Gasteiger partial charge < -0.3 is 14.8 Å². The lowest BCUT2D eigenvalue weighted by molar-refractivity contribution is 0.283. The summed E-state index contributed by atoms with van der Waals surface area (Å²) < 4.78 is 4.92. The van der Waals surface area contributed by atoms with E-state index in [0.717, 1.165) is 37.0 Å². The van der Waals surface area contributed by atoms with E-state index in [4.69, 9.17) is 9.52 Å². The molecule has 0 atom stereocenters. The van der Waals surface area contributed by atoms with Crippen LogP contribution in [0.5, 0.6) is 0 Å². The van der Waals surface area contributed by atoms with Crippen molar-refractivity contribution in [1.82, 2.24) is 10.3 Å². The molecular weight excluding hydrogens is 220 g/mol. The molecule has 17 heavy (non-hydrogen) atoms. The summed E-state index contributed by atoms with van der Waals surface area (Å²) in [6.07, 6.45) is 1.78. The highest BCUT2D eigenvalue weighted by atomic mass is 16.4. The summed E-state index contributed by atoms with van der Waals surface area (Å²) in [6, 6.07) is 5.62. The summed E-state index contributed by atoms with van der Waals surface area (Å²) in [7, 11) is 0. The van der Waals surface area contributed by atoms with Gasteiger partial charge in [-0.15, -0.1) is 0 Å². The lowest BCUT2D eigenvalue weighted by Crippen LogP contribution is -2.14. The lowest BCUT2D eigenvalue weighted by Gasteiger charge is -2.03. The second-order valence-electron chi connectivity index (χ2n) is 3.95. The van der Waals surface area contributed by atoms with Gasteiger partial charge in [-0.1, -0.05) is 6.07 Å². The first-order chi connectivity index (χ1) is 8.29. The van der Waals surface area contributed by atoms with E-state index in [0.29, 0.717) is 5.58 Å². The van der Waals surface area contributed by atoms with Gasteiger partial charge in [0.2, 0.25) is 0 Å². The Bertz CT molecular complexity index is 530. The third kappa shape index (κ3) is 3.18. The van der Waals surface area contributed by atoms with Crippen molar-refractivity contribution in [3.8, 4) is 0 Å². The van der Waals surface area contributed by atoms with Crippen LogP contribution in [0.4, 0.5) is 0 Å². The van der Waals surface area contributed by atoms with E-state index in [1.165, 1.54) is 0 Å². The molecule has 3 N–H and O–H groups in total. The zero-order valence-corrected chi connectivity index (χ0v) is 9.53. The summed E-state index contributed by atoms with van der Waals surface area (Å²) >= 11 is 0. The number of aromatic amines is 1. The van der Waals surface area contributed by atoms with Crippen molar-refractivity contribution in [2.45, 2.75) is 19.4 Å². The van der Waals surface area contributed by atoms with Crippen LogP contribution in [0, 0.1) is 0 Å². The Morgan fingerprint density at radius 3 is 3.06 bits per heavy atom. The third-order valence-electron chi connectivity index (χ3n) is 2.57. The van der Waals surface area contributed by atoms with Gasteiger partial charge >= 0.3 is 5.76 Å². The smallest absolute Gasteiger partial charge is 0.408 e. The minimum atomic E-state index is -0.423. The molecule has 0 aliphatic carbocycles. The van der Waals surface area contributed by atoms with Gasteiger partial charge in [-0.2, -0.15) is 0 Å². The van der Waals surface area contributed by atoms with E-state index in [9.17, 15) is 4.79 Å². The maximum atomic E-state index is 11.0. The number of oxazole rings is 1. The van der Waals surface area contributed by atoms with Crippen LogP contribution < -0.4 is 11.1 Å². The summed E-state index contributed by atoms with van der Waals surface area (Å²) in [6.45, 7) is 1.86. The second-order valence-corrected chi connectivity index (χ2v) is 3.95. The number of unbranched alkanes of at least 4 members (excludes halogenated alkanes) is 1. The van der Waals surface area contributed by atoms with Crippen molar-refractivity contribution >= 4 is 11.1 Å². The van der Waals surface area contributed by atoms with Crippen LogP contribution >= 0.6 is 0 Å². The van der Waals surface area contributed by atoms with Gasteiger partial charge in [0.1, 0.15) is 0 Å². The van der Waals surface area contributed by atoms with Gasteiger partial charge in [0.25, 0.3) is 0 Å². The average Bonchev–Trinajstić information content (AvgIpc) is 2.68. The van der Waals surface area contributed by atoms with Crippen LogP contribution in [0.25, 0.3) is 11.1 Å². The maximum absolute atomic E-state index is 11.0. The fraction of sp³-hybridized carbons (Fsp3) is 0.417. The SMILES string of the molecule is O=c1[nH]c2cc(CNCCCCO)ccc2o1. The Balaban J connectivity index is 1.92. The van der Waals surface area contributed by atoms with Crippen LogP contribution in [0.3, 0.4) is 0 Å². The van der Waals surface area contributed by atoms with Crippen molar-refractivity contribution in [1.29, 1.82) is 0 Å². The van der Waals surface area contributed by atoms with Gasteiger partial charge in [-0.25, -0.2) is 4.79 Å². The predicted molar refractivity (Wildman–Crippen MR) is 64.9 cm³/mol. The van der Waals surface area contributed by atoms with E-state index in [-0.39, 0.29) is 6.61 Å². The molecular formula is C12H16N2O3. The lowest BCUT2D eigenvalue weighted by atomic mass is 10.2. The number of H-pyrrole nitrogens is 1. The zero-order valence-electron chi connectivity index (χ0n) is 9.53. The molecule has 5 heteroatoms. The Morgan fingerprint density at radius 2 is 2.24 bits per heavy atom. The predicted octanol–water partition coefficient (Wildman–Crippen LogP) is 0.983.